The number of aromatic nitrogens is 2. The van der Waals surface area contributed by atoms with Crippen molar-refractivity contribution in [2.24, 2.45) is 0 Å². The van der Waals surface area contributed by atoms with Crippen LogP contribution >= 0.6 is 22.9 Å². The number of sulfonamides is 1. The third-order valence-electron chi connectivity index (χ3n) is 3.88. The molecule has 3 aromatic rings. The second-order valence-corrected chi connectivity index (χ2v) is 9.07. The molecule has 1 heterocycles. The second-order valence-electron chi connectivity index (χ2n) is 5.80. The molecule has 1 atom stereocenters. The lowest BCUT2D eigenvalue weighted by molar-refractivity contribution is 0.102. The van der Waals surface area contributed by atoms with Crippen molar-refractivity contribution in [2.45, 2.75) is 23.7 Å². The minimum absolute atomic E-state index is 0.0676. The number of hydrogen-bond acceptors (Lipinski definition) is 6. The summed E-state index contributed by atoms with van der Waals surface area (Å²) in [5.74, 6) is -0.491. The Hall–Kier alpha value is -2.33. The lowest BCUT2D eigenvalue weighted by atomic mass is 10.1. The number of carbonyl (C=O) groups is 1. The van der Waals surface area contributed by atoms with Crippen LogP contribution in [0.2, 0.25) is 5.02 Å². The molecule has 0 saturated carbocycles. The van der Waals surface area contributed by atoms with Crippen molar-refractivity contribution in [1.29, 1.82) is 0 Å². The standard InChI is InChI=1S/C18H17ClN4O3S2/c1-2-15(12-8-4-3-5-9-12)23-28(25,26)18-22-21-17(27-18)20-16(24)13-10-6-7-11-14(13)19/h3-11,15,23H,2H2,1H3,(H,20,21,24). The molecule has 3 rings (SSSR count). The quantitative estimate of drug-likeness (QED) is 0.547. The highest BCUT2D eigenvalue weighted by Gasteiger charge is 2.25. The summed E-state index contributed by atoms with van der Waals surface area (Å²) in [6, 6.07) is 15.4. The Bertz CT molecular complexity index is 1070. The number of benzene rings is 2. The van der Waals surface area contributed by atoms with E-state index in [-0.39, 0.29) is 20.1 Å². The minimum Gasteiger partial charge on any atom is -0.296 e. The van der Waals surface area contributed by atoms with Gasteiger partial charge in [-0.05, 0) is 24.1 Å². The van der Waals surface area contributed by atoms with Gasteiger partial charge in [0, 0.05) is 6.04 Å². The number of nitrogens with zero attached hydrogens (tertiary/aromatic N) is 2. The molecule has 0 saturated heterocycles. The van der Waals surface area contributed by atoms with Crippen molar-refractivity contribution in [3.05, 3.63) is 70.7 Å². The van der Waals surface area contributed by atoms with Crippen LogP contribution in [0.5, 0.6) is 0 Å². The third kappa shape index (κ3) is 4.74. The van der Waals surface area contributed by atoms with Gasteiger partial charge in [0.25, 0.3) is 15.9 Å². The van der Waals surface area contributed by atoms with Crippen LogP contribution in [0.15, 0.2) is 58.9 Å². The van der Waals surface area contributed by atoms with E-state index in [1.54, 1.807) is 24.3 Å². The molecular formula is C18H17ClN4O3S2. The number of carbonyl (C=O) groups excluding carboxylic acids is 1. The number of anilines is 1. The maximum atomic E-state index is 12.7. The van der Waals surface area contributed by atoms with E-state index in [9.17, 15) is 13.2 Å². The Balaban J connectivity index is 1.75. The molecule has 7 nitrogen and oxygen atoms in total. The lowest BCUT2D eigenvalue weighted by Gasteiger charge is -2.16. The van der Waals surface area contributed by atoms with Crippen molar-refractivity contribution < 1.29 is 13.2 Å². The highest BCUT2D eigenvalue weighted by molar-refractivity contribution is 7.91. The van der Waals surface area contributed by atoms with E-state index in [0.717, 1.165) is 16.9 Å². The van der Waals surface area contributed by atoms with Gasteiger partial charge in [-0.1, -0.05) is 72.3 Å². The Labute approximate surface area is 171 Å². The maximum absolute atomic E-state index is 12.7. The van der Waals surface area contributed by atoms with E-state index < -0.39 is 22.0 Å². The first kappa shape index (κ1) is 20.4. The number of amides is 1. The average molecular weight is 437 g/mol. The topological polar surface area (TPSA) is 101 Å². The van der Waals surface area contributed by atoms with E-state index in [1.807, 2.05) is 37.3 Å². The van der Waals surface area contributed by atoms with Gasteiger partial charge in [0.1, 0.15) is 0 Å². The molecule has 1 unspecified atom stereocenters. The molecule has 0 aliphatic heterocycles. The summed E-state index contributed by atoms with van der Waals surface area (Å²) in [4.78, 5) is 12.3. The van der Waals surface area contributed by atoms with Crippen molar-refractivity contribution in [3.63, 3.8) is 0 Å². The van der Waals surface area contributed by atoms with Gasteiger partial charge in [0.05, 0.1) is 10.6 Å². The highest BCUT2D eigenvalue weighted by atomic mass is 35.5. The van der Waals surface area contributed by atoms with Gasteiger partial charge in [-0.2, -0.15) is 0 Å². The largest absolute Gasteiger partial charge is 0.296 e. The van der Waals surface area contributed by atoms with E-state index in [0.29, 0.717) is 6.42 Å². The first-order valence-electron chi connectivity index (χ1n) is 8.37. The molecule has 0 radical (unpaired) electrons. The number of hydrogen-bond donors (Lipinski definition) is 2. The zero-order chi connectivity index (χ0) is 20.1. The Kier molecular flexibility index (Phi) is 6.40. The van der Waals surface area contributed by atoms with Crippen LogP contribution in [0, 0.1) is 0 Å². The monoisotopic (exact) mass is 436 g/mol. The predicted octanol–water partition coefficient (Wildman–Crippen LogP) is 3.87. The van der Waals surface area contributed by atoms with Crippen LogP contribution in [0.1, 0.15) is 35.3 Å². The van der Waals surface area contributed by atoms with Crippen LogP contribution in [0.3, 0.4) is 0 Å². The third-order valence-corrected chi connectivity index (χ3v) is 6.89. The van der Waals surface area contributed by atoms with E-state index in [2.05, 4.69) is 20.2 Å². The molecule has 0 spiro atoms. The number of nitrogens with one attached hydrogen (secondary N) is 2. The van der Waals surface area contributed by atoms with Gasteiger partial charge < -0.3 is 0 Å². The molecule has 10 heteroatoms. The van der Waals surface area contributed by atoms with Crippen molar-refractivity contribution in [2.75, 3.05) is 5.32 Å². The molecule has 2 aromatic carbocycles. The Morgan fingerprint density at radius 3 is 2.46 bits per heavy atom. The smallest absolute Gasteiger partial charge is 0.270 e. The molecular weight excluding hydrogens is 420 g/mol. The minimum atomic E-state index is -3.89. The van der Waals surface area contributed by atoms with E-state index in [4.69, 9.17) is 11.6 Å². The molecule has 0 fully saturated rings. The van der Waals surface area contributed by atoms with Gasteiger partial charge >= 0.3 is 0 Å². The van der Waals surface area contributed by atoms with Crippen LogP contribution in [0.4, 0.5) is 5.13 Å². The zero-order valence-corrected chi connectivity index (χ0v) is 17.2. The molecule has 1 amide bonds. The lowest BCUT2D eigenvalue weighted by Crippen LogP contribution is -2.28. The molecule has 0 aliphatic rings. The van der Waals surface area contributed by atoms with Gasteiger partial charge in [-0.15, -0.1) is 10.2 Å². The summed E-state index contributed by atoms with van der Waals surface area (Å²) in [5.41, 5.74) is 1.11. The average Bonchev–Trinajstić information content (AvgIpc) is 3.16. The Morgan fingerprint density at radius 2 is 1.79 bits per heavy atom. The van der Waals surface area contributed by atoms with Crippen molar-refractivity contribution in [1.82, 2.24) is 14.9 Å². The van der Waals surface area contributed by atoms with Crippen molar-refractivity contribution >= 4 is 44.0 Å². The van der Waals surface area contributed by atoms with E-state index in [1.165, 1.54) is 0 Å². The molecule has 146 valence electrons. The predicted molar refractivity (Wildman–Crippen MR) is 109 cm³/mol. The SMILES string of the molecule is CCC(NS(=O)(=O)c1nnc(NC(=O)c2ccccc2Cl)s1)c1ccccc1. The number of halogens is 1. The molecule has 0 bridgehead atoms. The fourth-order valence-corrected chi connectivity index (χ4v) is 4.93. The van der Waals surface area contributed by atoms with Crippen LogP contribution < -0.4 is 10.0 Å². The van der Waals surface area contributed by atoms with Crippen molar-refractivity contribution in [3.8, 4) is 0 Å². The molecule has 1 aromatic heterocycles. The Morgan fingerprint density at radius 1 is 1.11 bits per heavy atom. The summed E-state index contributed by atoms with van der Waals surface area (Å²) in [6.07, 6.45) is 0.568. The van der Waals surface area contributed by atoms with Crippen LogP contribution in [0.25, 0.3) is 0 Å². The first-order chi connectivity index (χ1) is 13.4. The summed E-state index contributed by atoms with van der Waals surface area (Å²) >= 11 is 6.76. The fourth-order valence-electron chi connectivity index (χ4n) is 2.49. The molecule has 0 aliphatic carbocycles. The van der Waals surface area contributed by atoms with Crippen LogP contribution in [-0.2, 0) is 10.0 Å². The summed E-state index contributed by atoms with van der Waals surface area (Å²) in [7, 11) is -3.89. The summed E-state index contributed by atoms with van der Waals surface area (Å²) in [5, 5.41) is 10.3. The number of rotatable bonds is 7. The van der Waals surface area contributed by atoms with E-state index >= 15 is 0 Å². The maximum Gasteiger partial charge on any atom is 0.270 e. The fraction of sp³-hybridized carbons (Fsp3) is 0.167. The first-order valence-corrected chi connectivity index (χ1v) is 11.0. The highest BCUT2D eigenvalue weighted by Crippen LogP contribution is 2.25. The van der Waals surface area contributed by atoms with Gasteiger partial charge in [0.15, 0.2) is 0 Å². The second kappa shape index (κ2) is 8.78. The molecule has 2 N–H and O–H groups in total. The zero-order valence-electron chi connectivity index (χ0n) is 14.8. The van der Waals surface area contributed by atoms with Gasteiger partial charge in [-0.3, -0.25) is 10.1 Å². The molecule has 28 heavy (non-hydrogen) atoms. The van der Waals surface area contributed by atoms with Gasteiger partial charge in [-0.25, -0.2) is 13.1 Å². The summed E-state index contributed by atoms with van der Waals surface area (Å²) in [6.45, 7) is 1.88. The van der Waals surface area contributed by atoms with Crippen LogP contribution in [-0.4, -0.2) is 24.5 Å². The normalized spacial score (nSPS) is 12.5. The van der Waals surface area contributed by atoms with Gasteiger partial charge in [0.2, 0.25) is 9.47 Å². The summed E-state index contributed by atoms with van der Waals surface area (Å²) < 4.78 is 27.7.